The summed E-state index contributed by atoms with van der Waals surface area (Å²) in [5.41, 5.74) is 5.05. The Kier molecular flexibility index (Phi) is 4.73. The van der Waals surface area contributed by atoms with Crippen LogP contribution in [0.5, 0.6) is 0 Å². The Hall–Kier alpha value is -2.62. The van der Waals surface area contributed by atoms with E-state index in [2.05, 4.69) is 31.3 Å². The molecule has 1 aromatic heterocycles. The van der Waals surface area contributed by atoms with Gasteiger partial charge in [-0.15, -0.1) is 0 Å². The van der Waals surface area contributed by atoms with Gasteiger partial charge in [-0.2, -0.15) is 0 Å². The third-order valence-corrected chi connectivity index (χ3v) is 5.09. The second-order valence-electron chi connectivity index (χ2n) is 6.46. The molecule has 0 atom stereocenters. The van der Waals surface area contributed by atoms with Crippen LogP contribution in [0.2, 0.25) is 10.0 Å². The smallest absolute Gasteiger partial charge is 0.163 e. The first-order chi connectivity index (χ1) is 13.0. The van der Waals surface area contributed by atoms with Crippen molar-refractivity contribution in [1.82, 2.24) is 9.97 Å². The number of fused-ring (bicyclic) bond motifs is 1. The highest BCUT2D eigenvalue weighted by molar-refractivity contribution is 6.36. The van der Waals surface area contributed by atoms with Crippen LogP contribution in [0, 0.1) is 13.8 Å². The molecule has 0 aliphatic heterocycles. The number of nitrogens with zero attached hydrogens (tertiary/aromatic N) is 2. The third kappa shape index (κ3) is 3.61. The summed E-state index contributed by atoms with van der Waals surface area (Å²) in [5, 5.41) is 5.49. The van der Waals surface area contributed by atoms with Gasteiger partial charge < -0.3 is 5.32 Å². The van der Waals surface area contributed by atoms with E-state index >= 15 is 0 Å². The van der Waals surface area contributed by atoms with Gasteiger partial charge in [0.25, 0.3) is 0 Å². The van der Waals surface area contributed by atoms with Gasteiger partial charge in [0.1, 0.15) is 5.82 Å². The van der Waals surface area contributed by atoms with E-state index in [0.29, 0.717) is 15.9 Å². The molecular formula is C22H17Cl2N3. The van der Waals surface area contributed by atoms with Gasteiger partial charge >= 0.3 is 0 Å². The number of anilines is 2. The molecule has 0 radical (unpaired) electrons. The minimum Gasteiger partial charge on any atom is -0.340 e. The lowest BCUT2D eigenvalue weighted by atomic mass is 10.1. The third-order valence-electron chi connectivity index (χ3n) is 4.54. The van der Waals surface area contributed by atoms with Crippen LogP contribution in [0.25, 0.3) is 22.3 Å². The Bertz CT molecular complexity index is 1160. The maximum atomic E-state index is 6.38. The van der Waals surface area contributed by atoms with Gasteiger partial charge in [-0.05, 0) is 67.4 Å². The molecule has 0 fully saturated rings. The number of halogens is 2. The van der Waals surface area contributed by atoms with Crippen molar-refractivity contribution < 1.29 is 0 Å². The number of rotatable bonds is 3. The molecule has 0 saturated carbocycles. The van der Waals surface area contributed by atoms with E-state index < -0.39 is 0 Å². The molecule has 1 N–H and O–H groups in total. The van der Waals surface area contributed by atoms with Crippen LogP contribution in [-0.2, 0) is 0 Å². The van der Waals surface area contributed by atoms with E-state index in [1.165, 1.54) is 11.1 Å². The summed E-state index contributed by atoms with van der Waals surface area (Å²) in [7, 11) is 0. The quantitative estimate of drug-likeness (QED) is 0.408. The van der Waals surface area contributed by atoms with Gasteiger partial charge in [-0.3, -0.25) is 0 Å². The summed E-state index contributed by atoms with van der Waals surface area (Å²) >= 11 is 12.4. The number of hydrogen-bond acceptors (Lipinski definition) is 3. The average molecular weight is 394 g/mol. The monoisotopic (exact) mass is 393 g/mol. The van der Waals surface area contributed by atoms with Crippen LogP contribution < -0.4 is 5.32 Å². The fourth-order valence-corrected chi connectivity index (χ4v) is 3.41. The van der Waals surface area contributed by atoms with Crippen molar-refractivity contribution in [3.63, 3.8) is 0 Å². The Balaban J connectivity index is 1.86. The van der Waals surface area contributed by atoms with Crippen LogP contribution in [-0.4, -0.2) is 9.97 Å². The molecule has 0 unspecified atom stereocenters. The number of hydrogen-bond donors (Lipinski definition) is 1. The number of para-hydroxylation sites is 1. The highest BCUT2D eigenvalue weighted by atomic mass is 35.5. The first-order valence-corrected chi connectivity index (χ1v) is 9.33. The summed E-state index contributed by atoms with van der Waals surface area (Å²) in [6.45, 7) is 4.19. The zero-order valence-corrected chi connectivity index (χ0v) is 16.4. The topological polar surface area (TPSA) is 37.8 Å². The van der Waals surface area contributed by atoms with Gasteiger partial charge in [0, 0.05) is 21.7 Å². The van der Waals surface area contributed by atoms with Gasteiger partial charge in [0.05, 0.1) is 10.5 Å². The maximum Gasteiger partial charge on any atom is 0.163 e. The van der Waals surface area contributed by atoms with E-state index in [4.69, 9.17) is 33.2 Å². The van der Waals surface area contributed by atoms with Crippen molar-refractivity contribution in [1.29, 1.82) is 0 Å². The van der Waals surface area contributed by atoms with Gasteiger partial charge in [-0.1, -0.05) is 41.4 Å². The van der Waals surface area contributed by atoms with Crippen molar-refractivity contribution >= 4 is 45.6 Å². The number of benzene rings is 3. The Labute approximate surface area is 168 Å². The standard InChI is InChI=1S/C22H17Cl2N3/c1-13-7-9-16(11-14(13)2)25-22-18-5-3-4-6-20(18)26-21(27-22)17-10-8-15(23)12-19(17)24/h3-12H,1-2H3,(H,25,26,27). The molecule has 3 nitrogen and oxygen atoms in total. The molecule has 5 heteroatoms. The fraction of sp³-hybridized carbons (Fsp3) is 0.0909. The molecule has 0 aliphatic rings. The Morgan fingerprint density at radius 1 is 0.815 bits per heavy atom. The van der Waals surface area contributed by atoms with E-state index in [1.54, 1.807) is 12.1 Å². The largest absolute Gasteiger partial charge is 0.340 e. The molecule has 4 rings (SSSR count). The highest BCUT2D eigenvalue weighted by Gasteiger charge is 2.12. The Morgan fingerprint density at radius 3 is 2.41 bits per heavy atom. The SMILES string of the molecule is Cc1ccc(Nc2nc(-c3ccc(Cl)cc3Cl)nc3ccccc23)cc1C. The zero-order chi connectivity index (χ0) is 19.0. The first kappa shape index (κ1) is 17.8. The molecule has 0 spiro atoms. The number of aryl methyl sites for hydroxylation is 2. The highest BCUT2D eigenvalue weighted by Crippen LogP contribution is 2.32. The van der Waals surface area contributed by atoms with Gasteiger partial charge in [0.15, 0.2) is 5.82 Å². The summed E-state index contributed by atoms with van der Waals surface area (Å²) < 4.78 is 0. The van der Waals surface area contributed by atoms with Crippen molar-refractivity contribution in [3.05, 3.63) is 81.8 Å². The molecule has 0 aliphatic carbocycles. The van der Waals surface area contributed by atoms with Crippen LogP contribution in [0.15, 0.2) is 60.7 Å². The van der Waals surface area contributed by atoms with Crippen molar-refractivity contribution in [2.45, 2.75) is 13.8 Å². The fourth-order valence-electron chi connectivity index (χ4n) is 2.92. The molecular weight excluding hydrogens is 377 g/mol. The number of nitrogens with one attached hydrogen (secondary N) is 1. The van der Waals surface area contributed by atoms with Gasteiger partial charge in [-0.25, -0.2) is 9.97 Å². The van der Waals surface area contributed by atoms with Gasteiger partial charge in [0.2, 0.25) is 0 Å². The van der Waals surface area contributed by atoms with Crippen molar-refractivity contribution in [2.24, 2.45) is 0 Å². The normalized spacial score (nSPS) is 11.0. The van der Waals surface area contributed by atoms with E-state index in [-0.39, 0.29) is 0 Å². The van der Waals surface area contributed by atoms with Crippen molar-refractivity contribution in [3.8, 4) is 11.4 Å². The molecule has 27 heavy (non-hydrogen) atoms. The molecule has 0 bridgehead atoms. The van der Waals surface area contributed by atoms with E-state index in [0.717, 1.165) is 28.0 Å². The second-order valence-corrected chi connectivity index (χ2v) is 7.30. The first-order valence-electron chi connectivity index (χ1n) is 8.58. The molecule has 0 amide bonds. The van der Waals surface area contributed by atoms with Crippen molar-refractivity contribution in [2.75, 3.05) is 5.32 Å². The van der Waals surface area contributed by atoms with E-state index in [9.17, 15) is 0 Å². The van der Waals surface area contributed by atoms with E-state index in [1.807, 2.05) is 36.4 Å². The number of aromatic nitrogens is 2. The van der Waals surface area contributed by atoms with Crippen LogP contribution in [0.3, 0.4) is 0 Å². The summed E-state index contributed by atoms with van der Waals surface area (Å²) in [6.07, 6.45) is 0. The average Bonchev–Trinajstić information content (AvgIpc) is 2.64. The van der Waals surface area contributed by atoms with Crippen LogP contribution >= 0.6 is 23.2 Å². The molecule has 1 heterocycles. The summed E-state index contributed by atoms with van der Waals surface area (Å²) in [4.78, 5) is 9.45. The minimum atomic E-state index is 0.523. The Morgan fingerprint density at radius 2 is 1.63 bits per heavy atom. The molecule has 3 aromatic carbocycles. The summed E-state index contributed by atoms with van der Waals surface area (Å²) in [5.74, 6) is 1.30. The lowest BCUT2D eigenvalue weighted by molar-refractivity contribution is 1.22. The molecule has 134 valence electrons. The minimum absolute atomic E-state index is 0.523. The lowest BCUT2D eigenvalue weighted by Gasteiger charge is -2.13. The second kappa shape index (κ2) is 7.18. The summed E-state index contributed by atoms with van der Waals surface area (Å²) in [6, 6.07) is 19.5. The predicted molar refractivity (Wildman–Crippen MR) is 114 cm³/mol. The molecule has 0 saturated heterocycles. The predicted octanol–water partition coefficient (Wildman–Crippen LogP) is 6.96. The van der Waals surface area contributed by atoms with Crippen LogP contribution in [0.4, 0.5) is 11.5 Å². The molecule has 4 aromatic rings. The lowest BCUT2D eigenvalue weighted by Crippen LogP contribution is -2.00. The van der Waals surface area contributed by atoms with Crippen LogP contribution in [0.1, 0.15) is 11.1 Å². The zero-order valence-electron chi connectivity index (χ0n) is 14.9. The maximum absolute atomic E-state index is 6.38.